The van der Waals surface area contributed by atoms with Crippen molar-refractivity contribution in [3.05, 3.63) is 18.7 Å². The van der Waals surface area contributed by atoms with Crippen molar-refractivity contribution in [1.29, 1.82) is 0 Å². The highest BCUT2D eigenvalue weighted by Crippen LogP contribution is 2.27. The number of ether oxygens (including phenoxy) is 2. The van der Waals surface area contributed by atoms with Gasteiger partial charge in [-0.2, -0.15) is 0 Å². The number of hydrogen-bond acceptors (Lipinski definition) is 4. The first-order valence-electron chi connectivity index (χ1n) is 9.90. The average molecular weight is 364 g/mol. The predicted octanol–water partition coefficient (Wildman–Crippen LogP) is 1.93. The molecule has 0 aliphatic carbocycles. The molecule has 0 spiro atoms. The molecule has 7 nitrogen and oxygen atoms in total. The van der Waals surface area contributed by atoms with Crippen LogP contribution in [0.5, 0.6) is 0 Å². The molecular formula is C19H33N5O2. The van der Waals surface area contributed by atoms with Crippen LogP contribution >= 0.6 is 0 Å². The van der Waals surface area contributed by atoms with Crippen LogP contribution in [0.25, 0.3) is 0 Å². The SMILES string of the molecule is CN=C(NCCCOC1CCOCC1)N1CCC(C)C(n2ccnc2)C1. The molecule has 0 amide bonds. The summed E-state index contributed by atoms with van der Waals surface area (Å²) in [5.41, 5.74) is 0. The third-order valence-electron chi connectivity index (χ3n) is 5.46. The third kappa shape index (κ3) is 5.20. The normalized spacial score (nSPS) is 25.5. The van der Waals surface area contributed by atoms with E-state index in [9.17, 15) is 0 Å². The van der Waals surface area contributed by atoms with Gasteiger partial charge in [0, 0.05) is 58.9 Å². The summed E-state index contributed by atoms with van der Waals surface area (Å²) in [6.07, 6.45) is 10.4. The van der Waals surface area contributed by atoms with Gasteiger partial charge >= 0.3 is 0 Å². The number of piperidine rings is 1. The van der Waals surface area contributed by atoms with Crippen molar-refractivity contribution in [2.24, 2.45) is 10.9 Å². The maximum Gasteiger partial charge on any atom is 0.193 e. The van der Waals surface area contributed by atoms with Gasteiger partial charge < -0.3 is 24.3 Å². The number of nitrogens with zero attached hydrogens (tertiary/aromatic N) is 4. The molecule has 2 unspecified atom stereocenters. The Balaban J connectivity index is 1.40. The fourth-order valence-electron chi connectivity index (χ4n) is 3.79. The van der Waals surface area contributed by atoms with Gasteiger partial charge in [0.25, 0.3) is 0 Å². The van der Waals surface area contributed by atoms with Crippen LogP contribution in [0.4, 0.5) is 0 Å². The molecule has 3 rings (SSSR count). The van der Waals surface area contributed by atoms with Gasteiger partial charge in [0.1, 0.15) is 0 Å². The average Bonchev–Trinajstić information content (AvgIpc) is 3.21. The van der Waals surface area contributed by atoms with Crippen molar-refractivity contribution < 1.29 is 9.47 Å². The second-order valence-electron chi connectivity index (χ2n) is 7.30. The van der Waals surface area contributed by atoms with E-state index in [1.54, 1.807) is 0 Å². The van der Waals surface area contributed by atoms with Gasteiger partial charge in [0.15, 0.2) is 5.96 Å². The Kier molecular flexibility index (Phi) is 7.32. The van der Waals surface area contributed by atoms with E-state index in [1.165, 1.54) is 0 Å². The molecule has 1 aromatic rings. The molecule has 0 radical (unpaired) electrons. The van der Waals surface area contributed by atoms with E-state index >= 15 is 0 Å². The standard InChI is InChI=1S/C19H33N5O2/c1-16-4-9-23(14-18(16)24-10-8-21-15-24)19(20-2)22-7-3-11-26-17-5-12-25-13-6-17/h8,10,15-18H,3-7,9,11-14H2,1-2H3,(H,20,22). The minimum Gasteiger partial charge on any atom is -0.381 e. The number of aliphatic imine (C=N–C) groups is 1. The Labute approximate surface area is 156 Å². The molecule has 1 aromatic heterocycles. The number of rotatable bonds is 6. The molecule has 0 bridgehead atoms. The van der Waals surface area contributed by atoms with Crippen molar-refractivity contribution in [3.63, 3.8) is 0 Å². The van der Waals surface area contributed by atoms with Crippen LogP contribution in [0.1, 0.15) is 38.6 Å². The molecule has 3 heterocycles. The largest absolute Gasteiger partial charge is 0.381 e. The fourth-order valence-corrected chi connectivity index (χ4v) is 3.79. The van der Waals surface area contributed by atoms with Crippen LogP contribution in [0.3, 0.4) is 0 Å². The lowest BCUT2D eigenvalue weighted by molar-refractivity contribution is -0.0320. The third-order valence-corrected chi connectivity index (χ3v) is 5.46. The van der Waals surface area contributed by atoms with Crippen LogP contribution in [0.2, 0.25) is 0 Å². The molecule has 2 atom stereocenters. The first-order valence-corrected chi connectivity index (χ1v) is 9.90. The van der Waals surface area contributed by atoms with Crippen molar-refractivity contribution >= 4 is 5.96 Å². The predicted molar refractivity (Wildman–Crippen MR) is 102 cm³/mol. The topological polar surface area (TPSA) is 63.9 Å². The van der Waals surface area contributed by atoms with E-state index in [0.717, 1.165) is 71.1 Å². The summed E-state index contributed by atoms with van der Waals surface area (Å²) in [4.78, 5) is 11.1. The molecule has 2 aliphatic heterocycles. The highest BCUT2D eigenvalue weighted by atomic mass is 16.5. The second-order valence-corrected chi connectivity index (χ2v) is 7.30. The Bertz CT molecular complexity index is 542. The van der Waals surface area contributed by atoms with E-state index in [1.807, 2.05) is 19.6 Å². The molecule has 0 aromatic carbocycles. The maximum atomic E-state index is 5.94. The van der Waals surface area contributed by atoms with Crippen LogP contribution in [0.15, 0.2) is 23.7 Å². The molecule has 2 saturated heterocycles. The molecular weight excluding hydrogens is 330 g/mol. The Morgan fingerprint density at radius 1 is 1.35 bits per heavy atom. The second kappa shape index (κ2) is 9.92. The van der Waals surface area contributed by atoms with Gasteiger partial charge in [0.05, 0.1) is 18.5 Å². The van der Waals surface area contributed by atoms with E-state index in [-0.39, 0.29) is 0 Å². The number of nitrogens with one attached hydrogen (secondary N) is 1. The van der Waals surface area contributed by atoms with Crippen LogP contribution in [0, 0.1) is 5.92 Å². The van der Waals surface area contributed by atoms with Crippen molar-refractivity contribution in [2.75, 3.05) is 46.5 Å². The smallest absolute Gasteiger partial charge is 0.193 e. The Morgan fingerprint density at radius 3 is 2.92 bits per heavy atom. The summed E-state index contributed by atoms with van der Waals surface area (Å²) < 4.78 is 13.5. The first kappa shape index (κ1) is 19.2. The van der Waals surface area contributed by atoms with Crippen molar-refractivity contribution in [2.45, 2.75) is 44.8 Å². The fraction of sp³-hybridized carbons (Fsp3) is 0.789. The monoisotopic (exact) mass is 363 g/mol. The zero-order valence-corrected chi connectivity index (χ0v) is 16.1. The summed E-state index contributed by atoms with van der Waals surface area (Å²) >= 11 is 0. The number of likely N-dealkylation sites (tertiary alicyclic amines) is 1. The molecule has 26 heavy (non-hydrogen) atoms. The minimum absolute atomic E-state index is 0.377. The van der Waals surface area contributed by atoms with Crippen LogP contribution < -0.4 is 5.32 Å². The minimum atomic E-state index is 0.377. The zero-order valence-electron chi connectivity index (χ0n) is 16.1. The molecule has 2 fully saturated rings. The number of hydrogen-bond donors (Lipinski definition) is 1. The molecule has 0 saturated carbocycles. The summed E-state index contributed by atoms with van der Waals surface area (Å²) in [6.45, 7) is 7.69. The van der Waals surface area contributed by atoms with Crippen molar-refractivity contribution in [1.82, 2.24) is 19.8 Å². The van der Waals surface area contributed by atoms with Gasteiger partial charge in [-0.3, -0.25) is 4.99 Å². The summed E-state index contributed by atoms with van der Waals surface area (Å²) in [5, 5.41) is 3.50. The lowest BCUT2D eigenvalue weighted by Crippen LogP contribution is -2.49. The number of guanidine groups is 1. The van der Waals surface area contributed by atoms with Crippen LogP contribution in [-0.2, 0) is 9.47 Å². The van der Waals surface area contributed by atoms with Gasteiger partial charge in [-0.05, 0) is 31.6 Å². The van der Waals surface area contributed by atoms with Crippen LogP contribution in [-0.4, -0.2) is 73.0 Å². The van der Waals surface area contributed by atoms with Gasteiger partial charge in [-0.1, -0.05) is 6.92 Å². The molecule has 146 valence electrons. The van der Waals surface area contributed by atoms with E-state index < -0.39 is 0 Å². The summed E-state index contributed by atoms with van der Waals surface area (Å²) in [5.74, 6) is 1.64. The molecule has 7 heteroatoms. The van der Waals surface area contributed by atoms with Crippen molar-refractivity contribution in [3.8, 4) is 0 Å². The van der Waals surface area contributed by atoms with E-state index in [0.29, 0.717) is 18.1 Å². The maximum absolute atomic E-state index is 5.94. The van der Waals surface area contributed by atoms with E-state index in [2.05, 4.69) is 37.9 Å². The number of imidazole rings is 1. The summed E-state index contributed by atoms with van der Waals surface area (Å²) in [6, 6.07) is 0.446. The van der Waals surface area contributed by atoms with E-state index in [4.69, 9.17) is 9.47 Å². The zero-order chi connectivity index (χ0) is 18.2. The molecule has 2 aliphatic rings. The lowest BCUT2D eigenvalue weighted by atomic mass is 9.93. The summed E-state index contributed by atoms with van der Waals surface area (Å²) in [7, 11) is 1.87. The number of aromatic nitrogens is 2. The highest BCUT2D eigenvalue weighted by molar-refractivity contribution is 5.80. The Morgan fingerprint density at radius 2 is 2.19 bits per heavy atom. The molecule has 1 N–H and O–H groups in total. The Hall–Kier alpha value is -1.60. The quantitative estimate of drug-likeness (QED) is 0.475. The van der Waals surface area contributed by atoms with Gasteiger partial charge in [-0.25, -0.2) is 4.98 Å². The lowest BCUT2D eigenvalue weighted by Gasteiger charge is -2.39. The highest BCUT2D eigenvalue weighted by Gasteiger charge is 2.28. The van der Waals surface area contributed by atoms with Gasteiger partial charge in [-0.15, -0.1) is 0 Å². The van der Waals surface area contributed by atoms with Gasteiger partial charge in [0.2, 0.25) is 0 Å². The first-order chi connectivity index (χ1) is 12.8.